The van der Waals surface area contributed by atoms with Crippen molar-refractivity contribution in [3.63, 3.8) is 0 Å². The zero-order valence-electron chi connectivity index (χ0n) is 33.6. The molecule has 3 amide bonds. The van der Waals surface area contributed by atoms with Crippen molar-refractivity contribution in [3.8, 4) is 0 Å². The number of carboxylic acid groups (broad SMARTS) is 1. The molecule has 2 aromatic heterocycles. The van der Waals surface area contributed by atoms with E-state index in [9.17, 15) is 19.2 Å². The van der Waals surface area contributed by atoms with E-state index in [1.54, 1.807) is 18.2 Å². The van der Waals surface area contributed by atoms with E-state index in [1.165, 1.54) is 30.7 Å². The minimum absolute atomic E-state index is 0. The third-order valence-electron chi connectivity index (χ3n) is 10.1. The zero-order valence-corrected chi connectivity index (χ0v) is 35.9. The Hall–Kier alpha value is -6.25. The van der Waals surface area contributed by atoms with E-state index in [1.807, 2.05) is 59.8 Å². The summed E-state index contributed by atoms with van der Waals surface area (Å²) in [5.74, 6) is 0.914. The number of amides is 3. The molecule has 2 aliphatic rings. The largest absolute Gasteiger partial charge is 0.478 e. The van der Waals surface area contributed by atoms with Crippen molar-refractivity contribution in [1.29, 1.82) is 0 Å². The van der Waals surface area contributed by atoms with Crippen LogP contribution in [0.25, 0.3) is 21.8 Å². The van der Waals surface area contributed by atoms with Crippen LogP contribution < -0.4 is 16.0 Å². The van der Waals surface area contributed by atoms with Gasteiger partial charge < -0.3 is 26.0 Å². The number of likely N-dealkylation sites (tertiary alicyclic amines) is 1. The number of carboxylic acids is 1. The first-order valence-corrected chi connectivity index (χ1v) is 20.4. The number of fused-ring (bicyclic) bond motifs is 2. The van der Waals surface area contributed by atoms with Gasteiger partial charge in [-0.25, -0.2) is 24.7 Å². The van der Waals surface area contributed by atoms with Gasteiger partial charge in [-0.1, -0.05) is 72.8 Å². The fraction of sp³-hybridized carbons (Fsp3) is 0.217. The predicted octanol–water partition coefficient (Wildman–Crippen LogP) is 8.48. The Balaban J connectivity index is 0.000000192. The molecule has 16 heteroatoms. The number of aromatic carboxylic acids is 1. The molecule has 2 saturated heterocycles. The van der Waals surface area contributed by atoms with Crippen LogP contribution in [-0.4, -0.2) is 79.8 Å². The van der Waals surface area contributed by atoms with Gasteiger partial charge in [0, 0.05) is 54.7 Å². The number of rotatable bonds is 10. The topological polar surface area (TPSA) is 179 Å². The second kappa shape index (κ2) is 22.6. The second-order valence-corrected chi connectivity index (χ2v) is 15.3. The fourth-order valence-corrected chi connectivity index (χ4v) is 7.31. The van der Waals surface area contributed by atoms with Crippen molar-refractivity contribution in [3.05, 3.63) is 155 Å². The number of nitrogens with one attached hydrogen (secondary N) is 3. The average Bonchev–Trinajstić information content (AvgIpc) is 3.97. The first-order chi connectivity index (χ1) is 29.5. The maximum atomic E-state index is 12.9. The lowest BCUT2D eigenvalue weighted by molar-refractivity contribution is -0.112. The Kier molecular flexibility index (Phi) is 17.0. The molecule has 62 heavy (non-hydrogen) atoms. The van der Waals surface area contributed by atoms with E-state index < -0.39 is 11.9 Å². The summed E-state index contributed by atoms with van der Waals surface area (Å²) in [6.07, 6.45) is 9.93. The standard InChI is InChI=1S/C23H21ClN4O2.C13H15N3.C10H8ClNO3.ClH/c1-2-22(29)27-20-8-7-16(12-18(20)24)23(30)28-10-9-15(14-28)11-21-25-13-17-5-3-4-6-19(17)26-21;1-2-4-12-11(3-1)9-15-13(16-12)7-10-5-6-14-8-10;1-2-9(13)12-8-4-3-6(10(14)15)5-7(8)11;/h2-8,12-13,15H,1,9-11,14H2,(H,27,29);1-4,9-10,14H,5-8H2;2-5H,1H2,(H,12,13)(H,14,15);1H/t15-;10-;;/m00../s1. The summed E-state index contributed by atoms with van der Waals surface area (Å²) in [5, 5.41) is 19.7. The number of benzene rings is 4. The maximum absolute atomic E-state index is 12.9. The Bertz CT molecular complexity index is 2590. The fourth-order valence-electron chi connectivity index (χ4n) is 6.86. The van der Waals surface area contributed by atoms with Crippen LogP contribution in [0.1, 0.15) is 45.2 Å². The Morgan fingerprint density at radius 2 is 1.26 bits per heavy atom. The molecule has 4 aromatic carbocycles. The second-order valence-electron chi connectivity index (χ2n) is 14.4. The molecular formula is C46H45Cl3N8O5. The van der Waals surface area contributed by atoms with Gasteiger partial charge in [0.25, 0.3) is 5.91 Å². The van der Waals surface area contributed by atoms with Gasteiger partial charge in [-0.2, -0.15) is 0 Å². The summed E-state index contributed by atoms with van der Waals surface area (Å²) >= 11 is 12.0. The highest BCUT2D eigenvalue weighted by Gasteiger charge is 2.28. The summed E-state index contributed by atoms with van der Waals surface area (Å²) < 4.78 is 0. The van der Waals surface area contributed by atoms with Gasteiger partial charge in [0.2, 0.25) is 11.8 Å². The zero-order chi connectivity index (χ0) is 43.3. The SMILES string of the molecule is C=CC(=O)Nc1ccc(C(=O)N2CC[C@@H](Cc3ncc4ccccc4n3)C2)cc1Cl.C=CC(=O)Nc1ccc(C(=O)O)cc1Cl.Cl.c1ccc2nc(C[C@@H]3CCNC3)ncc2c1. The van der Waals surface area contributed by atoms with Crippen molar-refractivity contribution in [2.45, 2.75) is 25.7 Å². The van der Waals surface area contributed by atoms with Crippen LogP contribution in [0.2, 0.25) is 10.0 Å². The van der Waals surface area contributed by atoms with Crippen LogP contribution in [0, 0.1) is 11.8 Å². The Morgan fingerprint density at radius 1 is 0.742 bits per heavy atom. The van der Waals surface area contributed by atoms with E-state index in [0.717, 1.165) is 71.9 Å². The van der Waals surface area contributed by atoms with Crippen LogP contribution in [0.15, 0.2) is 123 Å². The van der Waals surface area contributed by atoms with Gasteiger partial charge in [-0.05, 0) is 98.4 Å². The van der Waals surface area contributed by atoms with Crippen molar-refractivity contribution >= 4 is 92.5 Å². The van der Waals surface area contributed by atoms with Gasteiger partial charge >= 0.3 is 5.97 Å². The summed E-state index contributed by atoms with van der Waals surface area (Å²) in [6.45, 7) is 10.3. The molecule has 0 bridgehead atoms. The third-order valence-corrected chi connectivity index (χ3v) is 10.7. The number of nitrogens with zero attached hydrogens (tertiary/aromatic N) is 5. The van der Waals surface area contributed by atoms with Gasteiger partial charge in [-0.15, -0.1) is 12.4 Å². The maximum Gasteiger partial charge on any atom is 0.335 e. The van der Waals surface area contributed by atoms with Gasteiger partial charge in [0.15, 0.2) is 0 Å². The number of carbonyl (C=O) groups excluding carboxylic acids is 3. The van der Waals surface area contributed by atoms with E-state index in [-0.39, 0.29) is 34.8 Å². The van der Waals surface area contributed by atoms with Crippen LogP contribution in [0.5, 0.6) is 0 Å². The summed E-state index contributed by atoms with van der Waals surface area (Å²) in [4.78, 5) is 65.9. The van der Waals surface area contributed by atoms with E-state index >= 15 is 0 Å². The van der Waals surface area contributed by atoms with Crippen LogP contribution in [0.4, 0.5) is 11.4 Å². The van der Waals surface area contributed by atoms with Crippen molar-refractivity contribution < 1.29 is 24.3 Å². The highest BCUT2D eigenvalue weighted by atomic mass is 35.5. The predicted molar refractivity (Wildman–Crippen MR) is 246 cm³/mol. The van der Waals surface area contributed by atoms with Crippen LogP contribution in [0.3, 0.4) is 0 Å². The highest BCUT2D eigenvalue weighted by molar-refractivity contribution is 6.34. The minimum Gasteiger partial charge on any atom is -0.478 e. The Morgan fingerprint density at radius 3 is 1.76 bits per heavy atom. The number of para-hydroxylation sites is 2. The smallest absolute Gasteiger partial charge is 0.335 e. The number of anilines is 2. The molecule has 6 aromatic rings. The molecule has 320 valence electrons. The summed E-state index contributed by atoms with van der Waals surface area (Å²) in [6, 6.07) is 25.0. The van der Waals surface area contributed by atoms with E-state index in [2.05, 4.69) is 55.1 Å². The van der Waals surface area contributed by atoms with E-state index in [0.29, 0.717) is 46.9 Å². The molecule has 4 N–H and O–H groups in total. The monoisotopic (exact) mass is 894 g/mol. The number of carbonyl (C=O) groups is 4. The van der Waals surface area contributed by atoms with Gasteiger partial charge in [-0.3, -0.25) is 14.4 Å². The molecule has 0 radical (unpaired) electrons. The number of hydrogen-bond acceptors (Lipinski definition) is 9. The molecule has 13 nitrogen and oxygen atoms in total. The van der Waals surface area contributed by atoms with Crippen molar-refractivity contribution in [1.82, 2.24) is 30.2 Å². The summed E-state index contributed by atoms with van der Waals surface area (Å²) in [5.41, 5.74) is 3.36. The van der Waals surface area contributed by atoms with Crippen LogP contribution >= 0.6 is 35.6 Å². The van der Waals surface area contributed by atoms with Gasteiger partial charge in [0.05, 0.1) is 38.0 Å². The molecule has 2 aliphatic heterocycles. The molecule has 0 unspecified atom stereocenters. The van der Waals surface area contributed by atoms with Crippen molar-refractivity contribution in [2.24, 2.45) is 11.8 Å². The normalized spacial score (nSPS) is 15.2. The third kappa shape index (κ3) is 12.9. The average molecular weight is 896 g/mol. The number of aromatic nitrogens is 4. The molecule has 0 aliphatic carbocycles. The molecular weight excluding hydrogens is 851 g/mol. The lowest BCUT2D eigenvalue weighted by Gasteiger charge is -2.17. The number of halogens is 3. The minimum atomic E-state index is -1.07. The lowest BCUT2D eigenvalue weighted by Crippen LogP contribution is -2.29. The number of hydrogen-bond donors (Lipinski definition) is 4. The van der Waals surface area contributed by atoms with E-state index in [4.69, 9.17) is 28.3 Å². The van der Waals surface area contributed by atoms with Gasteiger partial charge in [0.1, 0.15) is 11.6 Å². The first kappa shape index (κ1) is 46.8. The summed E-state index contributed by atoms with van der Waals surface area (Å²) in [7, 11) is 0. The highest BCUT2D eigenvalue weighted by Crippen LogP contribution is 2.27. The first-order valence-electron chi connectivity index (χ1n) is 19.6. The molecule has 2 atom stereocenters. The Labute approximate surface area is 375 Å². The molecule has 8 rings (SSSR count). The molecule has 0 spiro atoms. The molecule has 4 heterocycles. The van der Waals surface area contributed by atoms with Crippen molar-refractivity contribution in [2.75, 3.05) is 36.8 Å². The lowest BCUT2D eigenvalue weighted by atomic mass is 10.0. The van der Waals surface area contributed by atoms with Crippen LogP contribution in [-0.2, 0) is 22.4 Å². The quantitative estimate of drug-likeness (QED) is 0.0975. The molecule has 0 saturated carbocycles. The molecule has 2 fully saturated rings.